The average Bonchev–Trinajstić information content (AvgIpc) is 3.34. The Bertz CT molecular complexity index is 1120. The van der Waals surface area contributed by atoms with E-state index in [9.17, 15) is 14.0 Å². The molecule has 184 valence electrons. The monoisotopic (exact) mass is 477 g/mol. The van der Waals surface area contributed by atoms with Crippen molar-refractivity contribution in [3.8, 4) is 0 Å². The number of benzene rings is 2. The van der Waals surface area contributed by atoms with Gasteiger partial charge in [0, 0.05) is 37.3 Å². The number of amides is 3. The van der Waals surface area contributed by atoms with E-state index in [1.54, 1.807) is 11.0 Å². The molecule has 2 aromatic carbocycles. The molecule has 2 aromatic rings. The Morgan fingerprint density at radius 2 is 1.49 bits per heavy atom. The van der Waals surface area contributed by atoms with Crippen LogP contribution in [0.3, 0.4) is 0 Å². The van der Waals surface area contributed by atoms with Crippen molar-refractivity contribution >= 4 is 17.6 Å². The van der Waals surface area contributed by atoms with E-state index in [2.05, 4.69) is 17.4 Å². The van der Waals surface area contributed by atoms with E-state index in [0.717, 1.165) is 68.4 Å². The molecule has 2 aliphatic heterocycles. The Labute approximate surface area is 205 Å². The number of nitrogens with zero attached hydrogens (tertiary/aromatic N) is 2. The summed E-state index contributed by atoms with van der Waals surface area (Å²) >= 11 is 0. The third-order valence-corrected chi connectivity index (χ3v) is 8.92. The smallest absolute Gasteiger partial charge is 0.322 e. The lowest BCUT2D eigenvalue weighted by Crippen LogP contribution is -2.54. The van der Waals surface area contributed by atoms with Crippen LogP contribution in [0.4, 0.5) is 14.9 Å². The summed E-state index contributed by atoms with van der Waals surface area (Å²) < 4.78 is 18.9. The maximum Gasteiger partial charge on any atom is 0.322 e. The van der Waals surface area contributed by atoms with E-state index in [1.165, 1.54) is 17.7 Å². The van der Waals surface area contributed by atoms with E-state index < -0.39 is 0 Å². The predicted molar refractivity (Wildman–Crippen MR) is 130 cm³/mol. The molecule has 0 unspecified atom stereocenters. The summed E-state index contributed by atoms with van der Waals surface area (Å²) in [7, 11) is 0. The van der Waals surface area contributed by atoms with Crippen LogP contribution in [0, 0.1) is 11.2 Å². The third-order valence-electron chi connectivity index (χ3n) is 8.92. The van der Waals surface area contributed by atoms with Crippen molar-refractivity contribution in [2.75, 3.05) is 31.6 Å². The summed E-state index contributed by atoms with van der Waals surface area (Å²) in [6.45, 7) is 3.66. The largest absolute Gasteiger partial charge is 0.378 e. The summed E-state index contributed by atoms with van der Waals surface area (Å²) in [5.74, 6) is 0.0769. The van der Waals surface area contributed by atoms with Gasteiger partial charge in [-0.15, -0.1) is 0 Å². The highest BCUT2D eigenvalue weighted by molar-refractivity contribution is 5.89. The molecule has 5 aliphatic rings. The maximum atomic E-state index is 13.5. The lowest BCUT2D eigenvalue weighted by Gasteiger charge is -2.54. The number of halogens is 1. The first-order valence-electron chi connectivity index (χ1n) is 12.8. The Morgan fingerprint density at radius 3 is 2.17 bits per heavy atom. The van der Waals surface area contributed by atoms with Crippen molar-refractivity contribution < 1.29 is 18.7 Å². The van der Waals surface area contributed by atoms with Gasteiger partial charge in [0.25, 0.3) is 0 Å². The molecule has 35 heavy (non-hydrogen) atoms. The van der Waals surface area contributed by atoms with E-state index in [0.29, 0.717) is 32.2 Å². The van der Waals surface area contributed by atoms with Gasteiger partial charge in [0.1, 0.15) is 5.82 Å². The van der Waals surface area contributed by atoms with E-state index in [-0.39, 0.29) is 22.7 Å². The number of hydrogen-bond acceptors (Lipinski definition) is 3. The quantitative estimate of drug-likeness (QED) is 0.689. The van der Waals surface area contributed by atoms with Gasteiger partial charge in [0.2, 0.25) is 5.91 Å². The standard InChI is InChI=1S/C28H32FN3O3/c29-23-4-1-20-18-32(19-21(20)17-23)26(34)30-24-5-2-22(3-6-24)27-7-10-28(11-8-27,12-9-27)25(33)31-13-15-35-16-14-31/h1-6,17H,7-16,18-19H2,(H,30,34). The fourth-order valence-electron chi connectivity index (χ4n) is 6.66. The minimum Gasteiger partial charge on any atom is -0.378 e. The molecule has 6 nitrogen and oxygen atoms in total. The lowest BCUT2D eigenvalue weighted by molar-refractivity contribution is -0.153. The Balaban J connectivity index is 1.08. The van der Waals surface area contributed by atoms with E-state index in [4.69, 9.17) is 4.74 Å². The summed E-state index contributed by atoms with van der Waals surface area (Å²) in [6, 6.07) is 12.8. The summed E-state index contributed by atoms with van der Waals surface area (Å²) in [6.07, 6.45) is 5.99. The molecule has 2 bridgehead atoms. The van der Waals surface area contributed by atoms with Gasteiger partial charge in [-0.25, -0.2) is 9.18 Å². The Hall–Kier alpha value is -2.93. The molecule has 4 fully saturated rings. The van der Waals surface area contributed by atoms with Crippen LogP contribution in [0.25, 0.3) is 0 Å². The number of carbonyl (C=O) groups is 2. The third kappa shape index (κ3) is 3.99. The maximum absolute atomic E-state index is 13.5. The van der Waals surface area contributed by atoms with Crippen LogP contribution in [-0.4, -0.2) is 48.0 Å². The predicted octanol–water partition coefficient (Wildman–Crippen LogP) is 4.82. The second-order valence-electron chi connectivity index (χ2n) is 10.7. The van der Waals surface area contributed by atoms with Crippen molar-refractivity contribution in [1.82, 2.24) is 9.80 Å². The highest BCUT2D eigenvalue weighted by Gasteiger charge is 2.53. The van der Waals surface area contributed by atoms with Crippen molar-refractivity contribution in [2.45, 2.75) is 57.0 Å². The highest BCUT2D eigenvalue weighted by atomic mass is 19.1. The molecule has 0 radical (unpaired) electrons. The van der Waals surface area contributed by atoms with Gasteiger partial charge in [-0.2, -0.15) is 0 Å². The van der Waals surface area contributed by atoms with Gasteiger partial charge in [0.15, 0.2) is 0 Å². The van der Waals surface area contributed by atoms with Crippen LogP contribution >= 0.6 is 0 Å². The van der Waals surface area contributed by atoms with Gasteiger partial charge >= 0.3 is 6.03 Å². The SMILES string of the molecule is O=C(Nc1ccc(C23CCC(C(=O)N4CCOCC4)(CC2)CC3)cc1)N1Cc2ccc(F)cc2C1. The van der Waals surface area contributed by atoms with Crippen LogP contribution in [0.15, 0.2) is 42.5 Å². The molecule has 2 heterocycles. The number of urea groups is 1. The van der Waals surface area contributed by atoms with Crippen molar-refractivity contribution in [3.05, 3.63) is 65.0 Å². The van der Waals surface area contributed by atoms with E-state index >= 15 is 0 Å². The molecule has 3 saturated carbocycles. The number of rotatable bonds is 3. The van der Waals surface area contributed by atoms with Crippen LogP contribution in [0.2, 0.25) is 0 Å². The highest BCUT2D eigenvalue weighted by Crippen LogP contribution is 2.58. The first kappa shape index (κ1) is 22.5. The van der Waals surface area contributed by atoms with Crippen LogP contribution in [-0.2, 0) is 28.0 Å². The molecule has 7 heteroatoms. The number of ether oxygens (including phenoxy) is 1. The topological polar surface area (TPSA) is 61.9 Å². The molecule has 1 N–H and O–H groups in total. The fourth-order valence-corrected chi connectivity index (χ4v) is 6.66. The van der Waals surface area contributed by atoms with Crippen LogP contribution in [0.1, 0.15) is 55.2 Å². The molecular formula is C28H32FN3O3. The molecular weight excluding hydrogens is 445 g/mol. The average molecular weight is 478 g/mol. The van der Waals surface area contributed by atoms with Gasteiger partial charge in [-0.3, -0.25) is 4.79 Å². The van der Waals surface area contributed by atoms with Gasteiger partial charge in [0.05, 0.1) is 13.2 Å². The molecule has 0 spiro atoms. The number of anilines is 1. The Morgan fingerprint density at radius 1 is 0.829 bits per heavy atom. The molecule has 3 aliphatic carbocycles. The second-order valence-corrected chi connectivity index (χ2v) is 10.7. The molecule has 1 saturated heterocycles. The van der Waals surface area contributed by atoms with Crippen molar-refractivity contribution in [3.63, 3.8) is 0 Å². The first-order chi connectivity index (χ1) is 17.0. The van der Waals surface area contributed by atoms with Crippen molar-refractivity contribution in [2.24, 2.45) is 5.41 Å². The number of morpholine rings is 1. The fraction of sp³-hybridized carbons (Fsp3) is 0.500. The summed E-state index contributed by atoms with van der Waals surface area (Å²) in [4.78, 5) is 29.8. The number of fused-ring (bicyclic) bond motifs is 4. The summed E-state index contributed by atoms with van der Waals surface area (Å²) in [5.41, 5.74) is 3.90. The lowest BCUT2D eigenvalue weighted by atomic mass is 9.51. The number of nitrogens with one attached hydrogen (secondary N) is 1. The van der Waals surface area contributed by atoms with Crippen molar-refractivity contribution in [1.29, 1.82) is 0 Å². The second kappa shape index (κ2) is 8.63. The van der Waals surface area contributed by atoms with Gasteiger partial charge < -0.3 is 19.9 Å². The van der Waals surface area contributed by atoms with Crippen LogP contribution in [0.5, 0.6) is 0 Å². The zero-order valence-electron chi connectivity index (χ0n) is 20.0. The minimum atomic E-state index is -0.269. The molecule has 3 amide bonds. The van der Waals surface area contributed by atoms with E-state index in [1.807, 2.05) is 17.0 Å². The number of carbonyl (C=O) groups excluding carboxylic acids is 2. The van der Waals surface area contributed by atoms with Gasteiger partial charge in [-0.1, -0.05) is 18.2 Å². The Kier molecular flexibility index (Phi) is 5.55. The molecule has 7 rings (SSSR count). The molecule has 0 aromatic heterocycles. The van der Waals surface area contributed by atoms with Gasteiger partial charge in [-0.05, 0) is 84.9 Å². The zero-order chi connectivity index (χ0) is 24.0. The normalized spacial score (nSPS) is 27.6. The molecule has 0 atom stereocenters. The minimum absolute atomic E-state index is 0.135. The zero-order valence-corrected chi connectivity index (χ0v) is 20.0. The summed E-state index contributed by atoms with van der Waals surface area (Å²) in [5, 5.41) is 2.99. The first-order valence-corrected chi connectivity index (χ1v) is 12.8. The van der Waals surface area contributed by atoms with Crippen LogP contribution < -0.4 is 5.32 Å². The number of hydrogen-bond donors (Lipinski definition) is 1.